The van der Waals surface area contributed by atoms with Crippen molar-refractivity contribution in [3.63, 3.8) is 0 Å². The van der Waals surface area contributed by atoms with Crippen molar-refractivity contribution < 1.29 is 52.3 Å². The van der Waals surface area contributed by atoms with Crippen molar-refractivity contribution in [3.05, 3.63) is 39.4 Å². The molecule has 296 valence electrons. The van der Waals surface area contributed by atoms with Gasteiger partial charge in [-0.1, -0.05) is 40.9 Å². The quantitative estimate of drug-likeness (QED) is 0.172. The highest BCUT2D eigenvalue weighted by Gasteiger charge is 2.61. The topological polar surface area (TPSA) is 167 Å². The van der Waals surface area contributed by atoms with Crippen molar-refractivity contribution in [1.82, 2.24) is 15.1 Å². The van der Waals surface area contributed by atoms with Crippen molar-refractivity contribution in [2.45, 2.75) is 72.5 Å². The molecule has 0 aliphatic carbocycles. The fourth-order valence-corrected chi connectivity index (χ4v) is 10.3. The number of cyclic esters (lactones) is 1. The number of alkyl carbamates (subject to hydrolysis) is 1. The van der Waals surface area contributed by atoms with Crippen LogP contribution < -0.4 is 29.0 Å². The first kappa shape index (κ1) is 39.7. The summed E-state index contributed by atoms with van der Waals surface area (Å²) < 4.78 is 45.0. The second kappa shape index (κ2) is 15.4. The van der Waals surface area contributed by atoms with Crippen LogP contribution in [0.15, 0.2) is 6.07 Å². The Labute approximate surface area is 336 Å². The molecule has 0 unspecified atom stereocenters. The summed E-state index contributed by atoms with van der Waals surface area (Å²) >= 11 is 18.7. The lowest BCUT2D eigenvalue weighted by atomic mass is 9.71. The Hall–Kier alpha value is -3.56. The minimum Gasteiger partial charge on any atom is -0.493 e. The molecule has 0 aromatic heterocycles. The number of thioether (sulfide) groups is 1. The van der Waals surface area contributed by atoms with E-state index in [0.29, 0.717) is 46.1 Å². The number of nitriles is 1. The van der Waals surface area contributed by atoms with Crippen LogP contribution in [-0.2, 0) is 30.2 Å². The minimum absolute atomic E-state index is 0.0397. The zero-order valence-electron chi connectivity index (χ0n) is 30.7. The van der Waals surface area contributed by atoms with Crippen molar-refractivity contribution in [3.8, 4) is 34.8 Å². The molecule has 2 saturated heterocycles. The van der Waals surface area contributed by atoms with Gasteiger partial charge in [0.05, 0.1) is 30.5 Å². The number of ether oxygens (including phenoxy) is 8. The van der Waals surface area contributed by atoms with Crippen LogP contribution in [0.1, 0.15) is 57.6 Å². The molecule has 7 rings (SSSR count). The Morgan fingerprint density at radius 2 is 1.84 bits per heavy atom. The highest BCUT2D eigenvalue weighted by atomic mass is 35.6. The van der Waals surface area contributed by atoms with Gasteiger partial charge in [0.2, 0.25) is 10.6 Å². The van der Waals surface area contributed by atoms with Gasteiger partial charge in [0.25, 0.3) is 0 Å². The predicted molar refractivity (Wildman–Crippen MR) is 199 cm³/mol. The fourth-order valence-electron chi connectivity index (χ4n) is 8.64. The molecular weight excluding hydrogens is 803 g/mol. The normalized spacial score (nSPS) is 26.8. The van der Waals surface area contributed by atoms with Crippen LogP contribution in [-0.4, -0.2) is 110 Å². The zero-order chi connectivity index (χ0) is 39.5. The first-order chi connectivity index (χ1) is 26.2. The lowest BCUT2D eigenvalue weighted by Crippen LogP contribution is -2.69. The van der Waals surface area contributed by atoms with Gasteiger partial charge in [-0.3, -0.25) is 14.6 Å². The van der Waals surface area contributed by atoms with E-state index in [0.717, 1.165) is 16.7 Å². The van der Waals surface area contributed by atoms with Gasteiger partial charge in [0.15, 0.2) is 29.8 Å². The fraction of sp³-hybridized carbons (Fsp3) is 0.556. The summed E-state index contributed by atoms with van der Waals surface area (Å²) in [5, 5.41) is 13.0. The van der Waals surface area contributed by atoms with Gasteiger partial charge in [-0.25, -0.2) is 9.59 Å². The maximum absolute atomic E-state index is 13.8. The molecule has 0 saturated carbocycles. The number of hydrogen-bond donors (Lipinski definition) is 1. The SMILES string of the molecule is COCOc1c(OC)c(C)cc2c1[C@@H]1[C@@H]3[C@@H]4SC[C@@H](NC(=O)OCC(Cl)(Cl)Cl)C(=O)OC[C@@H](c5c6c(c(C)c(OC(C)=O)c54)OCO6)N3[C@@H](C#N)[C@H](C2)N1C. The third kappa shape index (κ3) is 6.96. The number of esters is 2. The molecule has 5 heterocycles. The summed E-state index contributed by atoms with van der Waals surface area (Å²) in [7, 11) is 5.09. The summed E-state index contributed by atoms with van der Waals surface area (Å²) in [6.45, 7) is 4.06. The van der Waals surface area contributed by atoms with E-state index in [2.05, 4.69) is 27.3 Å². The lowest BCUT2D eigenvalue weighted by Gasteiger charge is -2.61. The highest BCUT2D eigenvalue weighted by molar-refractivity contribution is 7.99. The lowest BCUT2D eigenvalue weighted by molar-refractivity contribution is -0.151. The third-order valence-electron chi connectivity index (χ3n) is 10.6. The number of nitrogens with one attached hydrogen (secondary N) is 1. The molecule has 2 aromatic rings. The molecule has 5 aliphatic rings. The molecule has 2 fully saturated rings. The predicted octanol–water partition coefficient (Wildman–Crippen LogP) is 4.97. The van der Waals surface area contributed by atoms with Gasteiger partial charge in [-0.15, -0.1) is 11.8 Å². The number of carbonyl (C=O) groups is 3. The van der Waals surface area contributed by atoms with Crippen molar-refractivity contribution in [1.29, 1.82) is 5.26 Å². The molecule has 0 radical (unpaired) electrons. The summed E-state index contributed by atoms with van der Waals surface area (Å²) in [4.78, 5) is 43.8. The highest BCUT2D eigenvalue weighted by Crippen LogP contribution is 2.64. The number of hydrogen-bond acceptors (Lipinski definition) is 15. The molecule has 1 amide bonds. The van der Waals surface area contributed by atoms with Gasteiger partial charge in [-0.2, -0.15) is 5.26 Å². The molecule has 7 atom stereocenters. The van der Waals surface area contributed by atoms with E-state index >= 15 is 0 Å². The van der Waals surface area contributed by atoms with Crippen LogP contribution >= 0.6 is 46.6 Å². The second-order valence-electron chi connectivity index (χ2n) is 13.8. The number of carbonyl (C=O) groups excluding carboxylic acids is 3. The second-order valence-corrected chi connectivity index (χ2v) is 17.5. The van der Waals surface area contributed by atoms with Crippen LogP contribution in [0.4, 0.5) is 4.79 Å². The standard InChI is InChI=1S/C36H39Cl3N4O11S/c1-15-7-18-8-20-21(9-40)43-22-10-49-34(45)19(41-35(46)50-12-36(37,38)39)11-55-33(25-24(22)32-30(52-14-53-32)16(2)29(25)54-17(3)44)27(43)26(42(20)4)23(18)31(28(15)48-6)51-13-47-5/h7,19-22,26-27,33H,8,10-14H2,1-6H3,(H,41,46)/t19-,20+,21+,22+,26-,27-,33-/m1/s1. The smallest absolute Gasteiger partial charge is 0.408 e. The Balaban J connectivity index is 1.46. The number of aryl methyl sites for hydroxylation is 1. The van der Waals surface area contributed by atoms with Crippen LogP contribution in [0.3, 0.4) is 0 Å². The molecular formula is C36H39Cl3N4O11S. The van der Waals surface area contributed by atoms with Crippen LogP contribution in [0.5, 0.6) is 28.7 Å². The number of methoxy groups -OCH3 is 2. The monoisotopic (exact) mass is 840 g/mol. The molecule has 55 heavy (non-hydrogen) atoms. The molecule has 1 N–H and O–H groups in total. The van der Waals surface area contributed by atoms with Crippen molar-refractivity contribution in [2.24, 2.45) is 0 Å². The number of amides is 1. The van der Waals surface area contributed by atoms with Gasteiger partial charge >= 0.3 is 18.0 Å². The molecule has 0 spiro atoms. The zero-order valence-corrected chi connectivity index (χ0v) is 33.8. The van der Waals surface area contributed by atoms with Gasteiger partial charge in [0, 0.05) is 54.1 Å². The maximum atomic E-state index is 13.8. The largest absolute Gasteiger partial charge is 0.493 e. The van der Waals surface area contributed by atoms with Gasteiger partial charge < -0.3 is 43.2 Å². The number of halogens is 3. The minimum atomic E-state index is -1.88. The summed E-state index contributed by atoms with van der Waals surface area (Å²) in [6.07, 6.45) is -0.492. The van der Waals surface area contributed by atoms with E-state index in [1.165, 1.54) is 25.8 Å². The number of likely N-dealkylation sites (N-methyl/N-ethyl adjacent to an activating group) is 1. The van der Waals surface area contributed by atoms with E-state index in [1.54, 1.807) is 14.0 Å². The van der Waals surface area contributed by atoms with Crippen molar-refractivity contribution in [2.75, 3.05) is 53.8 Å². The Bertz CT molecular complexity index is 1960. The van der Waals surface area contributed by atoms with Crippen molar-refractivity contribution >= 4 is 64.6 Å². The molecule has 15 nitrogen and oxygen atoms in total. The average molecular weight is 842 g/mol. The average Bonchev–Trinajstić information content (AvgIpc) is 3.62. The van der Waals surface area contributed by atoms with E-state index in [4.69, 9.17) is 72.7 Å². The summed E-state index contributed by atoms with van der Waals surface area (Å²) in [5.74, 6) is 0.798. The molecule has 2 aromatic carbocycles. The molecule has 4 bridgehead atoms. The molecule has 5 aliphatic heterocycles. The van der Waals surface area contributed by atoms with Crippen LogP contribution in [0, 0.1) is 25.2 Å². The number of benzene rings is 2. The van der Waals surface area contributed by atoms with E-state index in [-0.39, 0.29) is 37.7 Å². The number of alkyl halides is 3. The molecule has 19 heteroatoms. The first-order valence-corrected chi connectivity index (χ1v) is 19.5. The van der Waals surface area contributed by atoms with Gasteiger partial charge in [0.1, 0.15) is 31.0 Å². The maximum Gasteiger partial charge on any atom is 0.408 e. The summed E-state index contributed by atoms with van der Waals surface area (Å²) in [6, 6.07) is 0.615. The van der Waals surface area contributed by atoms with Crippen LogP contribution in [0.2, 0.25) is 0 Å². The Morgan fingerprint density at radius 1 is 1.09 bits per heavy atom. The third-order valence-corrected chi connectivity index (χ3v) is 12.3. The van der Waals surface area contributed by atoms with E-state index in [9.17, 15) is 19.6 Å². The Morgan fingerprint density at radius 3 is 2.51 bits per heavy atom. The Kier molecular flexibility index (Phi) is 11.1. The number of fused-ring (bicyclic) bond motifs is 9. The van der Waals surface area contributed by atoms with Crippen LogP contribution in [0.25, 0.3) is 0 Å². The summed E-state index contributed by atoms with van der Waals surface area (Å²) in [5.41, 5.74) is 4.45. The first-order valence-electron chi connectivity index (χ1n) is 17.3. The number of rotatable bonds is 7. The number of piperazine rings is 1. The van der Waals surface area contributed by atoms with E-state index in [1.807, 2.05) is 14.0 Å². The van der Waals surface area contributed by atoms with Gasteiger partial charge in [-0.05, 0) is 38.4 Å². The van der Waals surface area contributed by atoms with E-state index < -0.39 is 63.9 Å². The number of nitrogens with zero attached hydrogens (tertiary/aromatic N) is 3.